The van der Waals surface area contributed by atoms with Crippen LogP contribution in [0, 0.1) is 0 Å². The zero-order valence-electron chi connectivity index (χ0n) is 10.6. The van der Waals surface area contributed by atoms with E-state index >= 15 is 0 Å². The molecule has 2 rings (SSSR count). The molecule has 0 unspecified atom stereocenters. The van der Waals surface area contributed by atoms with Crippen molar-refractivity contribution in [3.8, 4) is 11.5 Å². The van der Waals surface area contributed by atoms with E-state index in [0.29, 0.717) is 13.2 Å². The Bertz CT molecular complexity index is 433. The number of carbonyl (C=O) groups excluding carboxylic acids is 1. The summed E-state index contributed by atoms with van der Waals surface area (Å²) in [7, 11) is 1.88. The van der Waals surface area contributed by atoms with Crippen molar-refractivity contribution in [3.05, 3.63) is 23.8 Å². The van der Waals surface area contributed by atoms with Crippen LogP contribution in [0.4, 0.5) is 0 Å². The van der Waals surface area contributed by atoms with Gasteiger partial charge in [-0.15, -0.1) is 0 Å². The van der Waals surface area contributed by atoms with Gasteiger partial charge in [0.15, 0.2) is 11.5 Å². The summed E-state index contributed by atoms with van der Waals surface area (Å²) in [5.41, 5.74) is 1.08. The highest BCUT2D eigenvalue weighted by atomic mass is 16.7. The Labute approximate surface area is 106 Å². The highest BCUT2D eigenvalue weighted by Gasteiger charge is 2.14. The van der Waals surface area contributed by atoms with Crippen molar-refractivity contribution >= 4 is 5.97 Å². The molecule has 0 fully saturated rings. The van der Waals surface area contributed by atoms with Gasteiger partial charge in [0.1, 0.15) is 0 Å². The normalized spacial score (nSPS) is 12.8. The first-order valence-corrected chi connectivity index (χ1v) is 5.91. The SMILES string of the molecule is CCOC(=O)CN(C)Cc1ccc2c(c1)OCO2. The van der Waals surface area contributed by atoms with E-state index in [1.807, 2.05) is 30.1 Å². The Hall–Kier alpha value is -1.75. The molecule has 1 aliphatic rings. The summed E-state index contributed by atoms with van der Waals surface area (Å²) in [6.07, 6.45) is 0. The van der Waals surface area contributed by atoms with Gasteiger partial charge in [0.25, 0.3) is 0 Å². The molecule has 1 aromatic carbocycles. The van der Waals surface area contributed by atoms with Crippen molar-refractivity contribution in [2.45, 2.75) is 13.5 Å². The lowest BCUT2D eigenvalue weighted by Crippen LogP contribution is -2.26. The van der Waals surface area contributed by atoms with Crippen LogP contribution in [-0.4, -0.2) is 37.9 Å². The molecular formula is C13H17NO4. The number of esters is 1. The van der Waals surface area contributed by atoms with Crippen LogP contribution < -0.4 is 9.47 Å². The number of fused-ring (bicyclic) bond motifs is 1. The van der Waals surface area contributed by atoms with Crippen LogP contribution in [0.3, 0.4) is 0 Å². The third-order valence-corrected chi connectivity index (χ3v) is 2.59. The van der Waals surface area contributed by atoms with Gasteiger partial charge in [-0.3, -0.25) is 9.69 Å². The van der Waals surface area contributed by atoms with Crippen LogP contribution in [0.15, 0.2) is 18.2 Å². The number of carbonyl (C=O) groups is 1. The largest absolute Gasteiger partial charge is 0.465 e. The van der Waals surface area contributed by atoms with Gasteiger partial charge in [-0.05, 0) is 31.7 Å². The summed E-state index contributed by atoms with van der Waals surface area (Å²) in [6.45, 7) is 3.43. The minimum Gasteiger partial charge on any atom is -0.465 e. The monoisotopic (exact) mass is 251 g/mol. The molecule has 0 N–H and O–H groups in total. The standard InChI is InChI=1S/C13H17NO4/c1-3-16-13(15)8-14(2)7-10-4-5-11-12(6-10)18-9-17-11/h4-6H,3,7-9H2,1-2H3. The summed E-state index contributed by atoms with van der Waals surface area (Å²) in [6, 6.07) is 5.79. The minimum absolute atomic E-state index is 0.208. The topological polar surface area (TPSA) is 48.0 Å². The van der Waals surface area contributed by atoms with Gasteiger partial charge in [-0.25, -0.2) is 0 Å². The molecule has 5 heteroatoms. The van der Waals surface area contributed by atoms with Gasteiger partial charge < -0.3 is 14.2 Å². The van der Waals surface area contributed by atoms with Crippen LogP contribution in [0.2, 0.25) is 0 Å². The Morgan fingerprint density at radius 2 is 2.17 bits per heavy atom. The zero-order chi connectivity index (χ0) is 13.0. The second kappa shape index (κ2) is 5.73. The highest BCUT2D eigenvalue weighted by molar-refractivity contribution is 5.71. The summed E-state index contributed by atoms with van der Waals surface area (Å²) < 4.78 is 15.5. The van der Waals surface area contributed by atoms with Crippen molar-refractivity contribution < 1.29 is 19.0 Å². The first-order chi connectivity index (χ1) is 8.69. The zero-order valence-corrected chi connectivity index (χ0v) is 10.6. The van der Waals surface area contributed by atoms with Crippen LogP contribution in [0.5, 0.6) is 11.5 Å². The van der Waals surface area contributed by atoms with Crippen molar-refractivity contribution in [2.75, 3.05) is 27.0 Å². The first-order valence-electron chi connectivity index (χ1n) is 5.91. The summed E-state index contributed by atoms with van der Waals surface area (Å²) >= 11 is 0. The molecular weight excluding hydrogens is 234 g/mol. The van der Waals surface area contributed by atoms with Crippen LogP contribution >= 0.6 is 0 Å². The second-order valence-electron chi connectivity index (χ2n) is 4.16. The van der Waals surface area contributed by atoms with Gasteiger partial charge in [-0.1, -0.05) is 6.07 Å². The fourth-order valence-electron chi connectivity index (χ4n) is 1.83. The molecule has 1 heterocycles. The number of benzene rings is 1. The number of nitrogens with zero attached hydrogens (tertiary/aromatic N) is 1. The fraction of sp³-hybridized carbons (Fsp3) is 0.462. The molecule has 0 saturated carbocycles. The predicted molar refractivity (Wildman–Crippen MR) is 65.5 cm³/mol. The number of ether oxygens (including phenoxy) is 3. The average molecular weight is 251 g/mol. The average Bonchev–Trinajstić information content (AvgIpc) is 2.76. The molecule has 0 aromatic heterocycles. The van der Waals surface area contributed by atoms with Crippen molar-refractivity contribution in [1.82, 2.24) is 4.90 Å². The lowest BCUT2D eigenvalue weighted by molar-refractivity contribution is -0.144. The Kier molecular flexibility index (Phi) is 4.04. The van der Waals surface area contributed by atoms with Crippen molar-refractivity contribution in [3.63, 3.8) is 0 Å². The lowest BCUT2D eigenvalue weighted by atomic mass is 10.2. The fourth-order valence-corrected chi connectivity index (χ4v) is 1.83. The summed E-state index contributed by atoms with van der Waals surface area (Å²) in [4.78, 5) is 13.2. The molecule has 5 nitrogen and oxygen atoms in total. The van der Waals surface area contributed by atoms with Crippen LogP contribution in [-0.2, 0) is 16.1 Å². The van der Waals surface area contributed by atoms with E-state index in [4.69, 9.17) is 14.2 Å². The molecule has 18 heavy (non-hydrogen) atoms. The molecule has 1 aromatic rings. The molecule has 0 bridgehead atoms. The highest BCUT2D eigenvalue weighted by Crippen LogP contribution is 2.32. The van der Waals surface area contributed by atoms with E-state index < -0.39 is 0 Å². The van der Waals surface area contributed by atoms with Gasteiger partial charge in [-0.2, -0.15) is 0 Å². The third kappa shape index (κ3) is 3.13. The molecule has 1 aliphatic heterocycles. The van der Waals surface area contributed by atoms with Crippen LogP contribution in [0.25, 0.3) is 0 Å². The van der Waals surface area contributed by atoms with E-state index in [1.54, 1.807) is 6.92 Å². The van der Waals surface area contributed by atoms with E-state index in [1.165, 1.54) is 0 Å². The Morgan fingerprint density at radius 3 is 2.94 bits per heavy atom. The number of likely N-dealkylation sites (N-methyl/N-ethyl adjacent to an activating group) is 1. The Morgan fingerprint density at radius 1 is 1.39 bits per heavy atom. The third-order valence-electron chi connectivity index (χ3n) is 2.59. The van der Waals surface area contributed by atoms with E-state index in [0.717, 1.165) is 17.1 Å². The smallest absolute Gasteiger partial charge is 0.320 e. The molecule has 98 valence electrons. The molecule has 0 spiro atoms. The van der Waals surface area contributed by atoms with Gasteiger partial charge in [0.05, 0.1) is 13.2 Å². The van der Waals surface area contributed by atoms with Gasteiger partial charge in [0, 0.05) is 6.54 Å². The quantitative estimate of drug-likeness (QED) is 0.740. The van der Waals surface area contributed by atoms with Gasteiger partial charge in [0.2, 0.25) is 6.79 Å². The lowest BCUT2D eigenvalue weighted by Gasteiger charge is -2.15. The number of hydrogen-bond acceptors (Lipinski definition) is 5. The summed E-state index contributed by atoms with van der Waals surface area (Å²) in [5, 5.41) is 0. The van der Waals surface area contributed by atoms with E-state index in [2.05, 4.69) is 0 Å². The minimum atomic E-state index is -0.208. The number of hydrogen-bond donors (Lipinski definition) is 0. The molecule has 0 saturated heterocycles. The summed E-state index contributed by atoms with van der Waals surface area (Å²) in [5.74, 6) is 1.32. The molecule has 0 atom stereocenters. The van der Waals surface area contributed by atoms with Crippen molar-refractivity contribution in [1.29, 1.82) is 0 Å². The van der Waals surface area contributed by atoms with E-state index in [-0.39, 0.29) is 19.3 Å². The van der Waals surface area contributed by atoms with Crippen LogP contribution in [0.1, 0.15) is 12.5 Å². The molecule has 0 amide bonds. The predicted octanol–water partition coefficient (Wildman–Crippen LogP) is 1.41. The molecule has 0 radical (unpaired) electrons. The maximum absolute atomic E-state index is 11.3. The van der Waals surface area contributed by atoms with Gasteiger partial charge >= 0.3 is 5.97 Å². The Balaban J connectivity index is 1.91. The number of rotatable bonds is 5. The van der Waals surface area contributed by atoms with E-state index in [9.17, 15) is 4.79 Å². The maximum Gasteiger partial charge on any atom is 0.320 e. The first kappa shape index (κ1) is 12.7. The van der Waals surface area contributed by atoms with Crippen molar-refractivity contribution in [2.24, 2.45) is 0 Å². The molecule has 0 aliphatic carbocycles. The maximum atomic E-state index is 11.3. The second-order valence-corrected chi connectivity index (χ2v) is 4.16.